The maximum absolute atomic E-state index is 10.9. The summed E-state index contributed by atoms with van der Waals surface area (Å²) in [5, 5.41) is 18.8. The average Bonchev–Trinajstić information content (AvgIpc) is 2.31. The number of rotatable bonds is 0. The normalized spacial score (nSPS) is 20.8. The minimum Gasteiger partial charge on any atom is -0.507 e. The standard InChI is InChI=1S/C7H5N3O2/c1-3-2-4(11)5-6(8-3)9-10-7(5)12/h2,8,11H,1H2. The van der Waals surface area contributed by atoms with Gasteiger partial charge in [-0.25, -0.2) is 0 Å². The zero-order chi connectivity index (χ0) is 8.72. The van der Waals surface area contributed by atoms with Crippen LogP contribution in [-0.2, 0) is 4.79 Å². The third-order valence-electron chi connectivity index (χ3n) is 1.54. The van der Waals surface area contributed by atoms with Crippen molar-refractivity contribution in [2.45, 2.75) is 0 Å². The summed E-state index contributed by atoms with van der Waals surface area (Å²) in [6.07, 6.45) is 1.35. The Morgan fingerprint density at radius 2 is 2.25 bits per heavy atom. The van der Waals surface area contributed by atoms with Gasteiger partial charge in [0.05, 0.1) is 0 Å². The molecule has 5 heteroatoms. The number of aliphatic hydroxyl groups excluding tert-OH is 1. The molecule has 12 heavy (non-hydrogen) atoms. The van der Waals surface area contributed by atoms with Crippen molar-refractivity contribution in [2.24, 2.45) is 10.2 Å². The van der Waals surface area contributed by atoms with E-state index in [1.54, 1.807) is 0 Å². The van der Waals surface area contributed by atoms with Crippen LogP contribution >= 0.6 is 0 Å². The van der Waals surface area contributed by atoms with E-state index in [0.717, 1.165) is 0 Å². The first-order chi connectivity index (χ1) is 5.68. The van der Waals surface area contributed by atoms with Crippen LogP contribution in [0.15, 0.2) is 45.7 Å². The van der Waals surface area contributed by atoms with E-state index in [4.69, 9.17) is 0 Å². The van der Waals surface area contributed by atoms with Crippen LogP contribution < -0.4 is 5.32 Å². The summed E-state index contributed by atoms with van der Waals surface area (Å²) >= 11 is 0. The Morgan fingerprint density at radius 3 is 3.00 bits per heavy atom. The Bertz CT molecular complexity index is 376. The van der Waals surface area contributed by atoms with E-state index >= 15 is 0 Å². The van der Waals surface area contributed by atoms with Gasteiger partial charge in [0.25, 0.3) is 0 Å². The number of carbonyl (C=O) groups is 1. The molecule has 2 rings (SSSR count). The van der Waals surface area contributed by atoms with Crippen LogP contribution in [0.3, 0.4) is 0 Å². The lowest BCUT2D eigenvalue weighted by Gasteiger charge is -2.11. The van der Waals surface area contributed by atoms with Crippen LogP contribution in [-0.4, -0.2) is 11.0 Å². The molecule has 0 fully saturated rings. The summed E-state index contributed by atoms with van der Waals surface area (Å²) in [6.45, 7) is 3.56. The first-order valence-electron chi connectivity index (χ1n) is 3.26. The minimum atomic E-state index is -0.529. The van der Waals surface area contributed by atoms with Gasteiger partial charge in [0.15, 0.2) is 5.82 Å². The average molecular weight is 163 g/mol. The van der Waals surface area contributed by atoms with Gasteiger partial charge in [0, 0.05) is 11.8 Å². The van der Waals surface area contributed by atoms with Crippen LogP contribution in [0.4, 0.5) is 0 Å². The van der Waals surface area contributed by atoms with Gasteiger partial charge in [-0.1, -0.05) is 6.58 Å². The molecule has 1 amide bonds. The smallest absolute Gasteiger partial charge is 0.303 e. The van der Waals surface area contributed by atoms with Crippen molar-refractivity contribution in [1.29, 1.82) is 0 Å². The summed E-state index contributed by atoms with van der Waals surface area (Å²) in [4.78, 5) is 10.9. The highest BCUT2D eigenvalue weighted by Crippen LogP contribution is 2.25. The lowest BCUT2D eigenvalue weighted by molar-refractivity contribution is -0.114. The van der Waals surface area contributed by atoms with Gasteiger partial charge >= 0.3 is 5.91 Å². The van der Waals surface area contributed by atoms with Gasteiger partial charge in [-0.3, -0.25) is 4.79 Å². The van der Waals surface area contributed by atoms with E-state index in [2.05, 4.69) is 22.1 Å². The van der Waals surface area contributed by atoms with Gasteiger partial charge < -0.3 is 10.4 Å². The molecule has 0 unspecified atom stereocenters. The second kappa shape index (κ2) is 2.04. The summed E-state index contributed by atoms with van der Waals surface area (Å²) in [5.41, 5.74) is 0.599. The molecule has 0 spiro atoms. The number of nitrogens with one attached hydrogen (secondary N) is 1. The zero-order valence-corrected chi connectivity index (χ0v) is 6.03. The molecule has 60 valence electrons. The maximum atomic E-state index is 10.9. The number of nitrogens with zero attached hydrogens (tertiary/aromatic N) is 2. The highest BCUT2D eigenvalue weighted by atomic mass is 16.3. The van der Waals surface area contributed by atoms with Crippen molar-refractivity contribution in [3.63, 3.8) is 0 Å². The molecule has 2 heterocycles. The van der Waals surface area contributed by atoms with Crippen LogP contribution in [0.25, 0.3) is 0 Å². The van der Waals surface area contributed by atoms with Crippen molar-refractivity contribution >= 4 is 5.91 Å². The molecule has 0 aromatic rings. The molecular formula is C7H5N3O2. The van der Waals surface area contributed by atoms with Gasteiger partial charge in [-0.15, -0.1) is 10.2 Å². The Morgan fingerprint density at radius 1 is 1.50 bits per heavy atom. The Labute approximate surface area is 67.8 Å². The molecule has 0 atom stereocenters. The summed E-state index contributed by atoms with van der Waals surface area (Å²) in [6, 6.07) is 0. The quantitative estimate of drug-likeness (QED) is 0.553. The zero-order valence-electron chi connectivity index (χ0n) is 6.03. The van der Waals surface area contributed by atoms with Gasteiger partial charge in [0.1, 0.15) is 11.3 Å². The third-order valence-corrected chi connectivity index (χ3v) is 1.54. The number of carbonyl (C=O) groups excluding carboxylic acids is 1. The molecule has 0 aromatic carbocycles. The molecule has 2 aliphatic rings. The number of dihydropyridines is 1. The Kier molecular flexibility index (Phi) is 1.15. The molecule has 0 saturated heterocycles. The second-order valence-corrected chi connectivity index (χ2v) is 2.41. The fourth-order valence-corrected chi connectivity index (χ4v) is 1.04. The van der Waals surface area contributed by atoms with Gasteiger partial charge in [-0.05, 0) is 0 Å². The van der Waals surface area contributed by atoms with E-state index in [9.17, 15) is 9.90 Å². The minimum absolute atomic E-state index is 0.113. The molecule has 5 nitrogen and oxygen atoms in total. The largest absolute Gasteiger partial charge is 0.507 e. The predicted molar refractivity (Wildman–Crippen MR) is 39.9 cm³/mol. The van der Waals surface area contributed by atoms with Crippen molar-refractivity contribution in [3.05, 3.63) is 35.5 Å². The number of hydrogen-bond acceptors (Lipinski definition) is 4. The maximum Gasteiger partial charge on any atom is 0.303 e. The van der Waals surface area contributed by atoms with E-state index in [0.29, 0.717) is 5.70 Å². The second-order valence-electron chi connectivity index (χ2n) is 2.41. The van der Waals surface area contributed by atoms with E-state index in [1.807, 2.05) is 0 Å². The molecule has 0 bridgehead atoms. The number of azo groups is 1. The van der Waals surface area contributed by atoms with Gasteiger partial charge in [0.2, 0.25) is 0 Å². The van der Waals surface area contributed by atoms with Crippen LogP contribution in [0.5, 0.6) is 0 Å². The highest BCUT2D eigenvalue weighted by Gasteiger charge is 2.28. The number of amides is 1. The fraction of sp³-hybridized carbons (Fsp3) is 0. The van der Waals surface area contributed by atoms with Crippen molar-refractivity contribution in [3.8, 4) is 0 Å². The van der Waals surface area contributed by atoms with Gasteiger partial charge in [-0.2, -0.15) is 0 Å². The lowest BCUT2D eigenvalue weighted by Crippen LogP contribution is -2.17. The third kappa shape index (κ3) is 0.763. The molecule has 0 radical (unpaired) electrons. The van der Waals surface area contributed by atoms with Crippen LogP contribution in [0, 0.1) is 0 Å². The van der Waals surface area contributed by atoms with Crippen molar-refractivity contribution in [2.75, 3.05) is 0 Å². The molecular weight excluding hydrogens is 158 g/mol. The first kappa shape index (κ1) is 6.78. The number of aliphatic hydroxyl groups is 1. The predicted octanol–water partition coefficient (Wildman–Crippen LogP) is 0.749. The van der Waals surface area contributed by atoms with E-state index in [1.165, 1.54) is 6.08 Å². The SMILES string of the molecule is C=C1C=C(O)C2=C(N=NC2=O)N1. The highest BCUT2D eigenvalue weighted by molar-refractivity contribution is 6.00. The molecule has 0 saturated carbocycles. The lowest BCUT2D eigenvalue weighted by atomic mass is 10.1. The van der Waals surface area contributed by atoms with E-state index < -0.39 is 5.91 Å². The summed E-state index contributed by atoms with van der Waals surface area (Å²) < 4.78 is 0. The summed E-state index contributed by atoms with van der Waals surface area (Å²) in [5.74, 6) is -0.396. The van der Waals surface area contributed by atoms with Crippen LogP contribution in [0.1, 0.15) is 0 Å². The topological polar surface area (TPSA) is 74.0 Å². The Hall–Kier alpha value is -1.91. The fourth-order valence-electron chi connectivity index (χ4n) is 1.04. The Balaban J connectivity index is 2.53. The first-order valence-corrected chi connectivity index (χ1v) is 3.26. The molecule has 2 aliphatic heterocycles. The van der Waals surface area contributed by atoms with Crippen molar-refractivity contribution in [1.82, 2.24) is 5.32 Å². The monoisotopic (exact) mass is 163 g/mol. The number of hydrogen-bond donors (Lipinski definition) is 2. The molecule has 0 aliphatic carbocycles. The summed E-state index contributed by atoms with van der Waals surface area (Å²) in [7, 11) is 0. The number of allylic oxidation sites excluding steroid dienone is 1. The van der Waals surface area contributed by atoms with Crippen molar-refractivity contribution < 1.29 is 9.90 Å². The van der Waals surface area contributed by atoms with Crippen LogP contribution in [0.2, 0.25) is 0 Å². The van der Waals surface area contributed by atoms with E-state index in [-0.39, 0.29) is 17.2 Å². The molecule has 2 N–H and O–H groups in total. The molecule has 0 aromatic heterocycles.